The number of carbonyl (C=O) groups excluding carboxylic acids is 3. The number of hydrogen-bond acceptors (Lipinski definition) is 4. The summed E-state index contributed by atoms with van der Waals surface area (Å²) in [5.74, 6) is -1.31. The van der Waals surface area contributed by atoms with Gasteiger partial charge in [0, 0.05) is 17.8 Å². The monoisotopic (exact) mass is 459 g/mol. The maximum atomic E-state index is 13.0. The van der Waals surface area contributed by atoms with Crippen LogP contribution in [0.3, 0.4) is 0 Å². The van der Waals surface area contributed by atoms with Crippen molar-refractivity contribution in [1.29, 1.82) is 0 Å². The molecule has 166 valence electrons. The van der Waals surface area contributed by atoms with Crippen LogP contribution in [0.2, 0.25) is 0 Å². The lowest BCUT2D eigenvalue weighted by Crippen LogP contribution is -2.32. The number of amides is 3. The van der Waals surface area contributed by atoms with E-state index in [0.717, 1.165) is 21.6 Å². The van der Waals surface area contributed by atoms with Crippen molar-refractivity contribution in [3.8, 4) is 0 Å². The molecule has 3 aromatic rings. The van der Waals surface area contributed by atoms with Gasteiger partial charge in [0.05, 0.1) is 5.69 Å². The average molecular weight is 460 g/mol. The van der Waals surface area contributed by atoms with Gasteiger partial charge >= 0.3 is 0 Å². The van der Waals surface area contributed by atoms with Crippen LogP contribution in [0.25, 0.3) is 0 Å². The molecule has 0 unspecified atom stereocenters. The Bertz CT molecular complexity index is 1270. The molecule has 6 nitrogen and oxygen atoms in total. The van der Waals surface area contributed by atoms with Crippen LogP contribution >= 0.6 is 11.6 Å². The van der Waals surface area contributed by atoms with Gasteiger partial charge in [0.1, 0.15) is 10.7 Å². The zero-order chi connectivity index (χ0) is 23.5. The van der Waals surface area contributed by atoms with E-state index in [2.05, 4.69) is 10.6 Å². The highest BCUT2D eigenvalue weighted by Crippen LogP contribution is 2.32. The number of imide groups is 1. The Labute approximate surface area is 196 Å². The lowest BCUT2D eigenvalue weighted by atomic mass is 10.1. The fraction of sp³-hybridized carbons (Fsp3) is 0.115. The zero-order valence-electron chi connectivity index (χ0n) is 18.2. The molecule has 1 heterocycles. The molecule has 0 aromatic heterocycles. The van der Waals surface area contributed by atoms with E-state index >= 15 is 0 Å². The van der Waals surface area contributed by atoms with Crippen molar-refractivity contribution < 1.29 is 14.4 Å². The molecule has 0 saturated heterocycles. The van der Waals surface area contributed by atoms with Gasteiger partial charge in [0.2, 0.25) is 0 Å². The summed E-state index contributed by atoms with van der Waals surface area (Å²) in [6, 6.07) is 21.8. The molecule has 2 N–H and O–H groups in total. The van der Waals surface area contributed by atoms with E-state index < -0.39 is 11.8 Å². The van der Waals surface area contributed by atoms with Gasteiger partial charge in [-0.1, -0.05) is 54.1 Å². The maximum absolute atomic E-state index is 13.0. The highest BCUT2D eigenvalue weighted by atomic mass is 35.5. The molecule has 7 heteroatoms. The summed E-state index contributed by atoms with van der Waals surface area (Å²) in [6.45, 7) is 4.14. The van der Waals surface area contributed by atoms with Crippen LogP contribution < -0.4 is 15.5 Å². The minimum atomic E-state index is -0.574. The first-order valence-electron chi connectivity index (χ1n) is 10.4. The van der Waals surface area contributed by atoms with Crippen molar-refractivity contribution in [3.05, 3.63) is 106 Å². The molecule has 0 saturated carbocycles. The van der Waals surface area contributed by atoms with Crippen molar-refractivity contribution in [3.63, 3.8) is 0 Å². The van der Waals surface area contributed by atoms with Crippen molar-refractivity contribution >= 4 is 40.7 Å². The van der Waals surface area contributed by atoms with Gasteiger partial charge in [0.15, 0.2) is 0 Å². The van der Waals surface area contributed by atoms with Crippen molar-refractivity contribution in [2.24, 2.45) is 0 Å². The minimum absolute atomic E-state index is 0.00357. The number of hydrogen-bond donors (Lipinski definition) is 2. The van der Waals surface area contributed by atoms with Crippen molar-refractivity contribution in [2.75, 3.05) is 10.2 Å². The van der Waals surface area contributed by atoms with E-state index in [1.165, 1.54) is 0 Å². The fourth-order valence-corrected chi connectivity index (χ4v) is 3.73. The second-order valence-corrected chi connectivity index (χ2v) is 8.17. The molecule has 4 rings (SSSR count). The van der Waals surface area contributed by atoms with E-state index in [0.29, 0.717) is 23.5 Å². The number of nitrogens with one attached hydrogen (secondary N) is 2. The molecule has 1 aliphatic heterocycles. The summed E-state index contributed by atoms with van der Waals surface area (Å²) in [6.07, 6.45) is 0. The number of aryl methyl sites for hydroxylation is 2. The number of rotatable bonds is 6. The van der Waals surface area contributed by atoms with Gasteiger partial charge in [-0.05, 0) is 60.9 Å². The molecular weight excluding hydrogens is 438 g/mol. The van der Waals surface area contributed by atoms with Gasteiger partial charge in [-0.3, -0.25) is 14.4 Å². The van der Waals surface area contributed by atoms with Crippen LogP contribution in [0.15, 0.2) is 83.5 Å². The summed E-state index contributed by atoms with van der Waals surface area (Å²) in [5, 5.41) is 5.62. The lowest BCUT2D eigenvalue weighted by Gasteiger charge is -2.18. The predicted octanol–water partition coefficient (Wildman–Crippen LogP) is 4.67. The zero-order valence-corrected chi connectivity index (χ0v) is 18.9. The van der Waals surface area contributed by atoms with Gasteiger partial charge in [0.25, 0.3) is 17.7 Å². The van der Waals surface area contributed by atoms with E-state index in [1.54, 1.807) is 30.3 Å². The highest BCUT2D eigenvalue weighted by molar-refractivity contribution is 6.53. The highest BCUT2D eigenvalue weighted by Gasteiger charge is 2.39. The largest absolute Gasteiger partial charge is 0.350 e. The SMILES string of the molecule is Cc1ccc(C)c(N2C(=O)C(Cl)=C(Nc3ccc(C(=O)NCc4ccccc4)cc3)C2=O)c1. The molecular formula is C26H22ClN3O3. The number of benzene rings is 3. The predicted molar refractivity (Wildman–Crippen MR) is 129 cm³/mol. The van der Waals surface area contributed by atoms with E-state index in [9.17, 15) is 14.4 Å². The van der Waals surface area contributed by atoms with Crippen molar-refractivity contribution in [2.45, 2.75) is 20.4 Å². The second-order valence-electron chi connectivity index (χ2n) is 7.80. The summed E-state index contributed by atoms with van der Waals surface area (Å²) in [4.78, 5) is 39.3. The van der Waals surface area contributed by atoms with Gasteiger partial charge in [-0.15, -0.1) is 0 Å². The Balaban J connectivity index is 1.46. The molecule has 0 atom stereocenters. The number of halogens is 1. The van der Waals surface area contributed by atoms with E-state index in [4.69, 9.17) is 11.6 Å². The molecule has 0 aliphatic carbocycles. The molecule has 0 fully saturated rings. The lowest BCUT2D eigenvalue weighted by molar-refractivity contribution is -0.120. The minimum Gasteiger partial charge on any atom is -0.350 e. The molecule has 0 radical (unpaired) electrons. The summed E-state index contributed by atoms with van der Waals surface area (Å²) in [7, 11) is 0. The standard InChI is InChI=1S/C26H22ClN3O3/c1-16-8-9-17(2)21(14-16)30-25(32)22(27)23(26(30)33)29-20-12-10-19(11-13-20)24(31)28-15-18-6-4-3-5-7-18/h3-14,29H,15H2,1-2H3,(H,28,31). The van der Waals surface area contributed by atoms with Gasteiger partial charge in [-0.2, -0.15) is 0 Å². The first kappa shape index (κ1) is 22.3. The van der Waals surface area contributed by atoms with Gasteiger partial charge < -0.3 is 10.6 Å². The Morgan fingerprint density at radius 2 is 1.61 bits per heavy atom. The van der Waals surface area contributed by atoms with Crippen LogP contribution in [0, 0.1) is 13.8 Å². The quantitative estimate of drug-likeness (QED) is 0.525. The first-order chi connectivity index (χ1) is 15.8. The molecule has 3 aromatic carbocycles. The van der Waals surface area contributed by atoms with Gasteiger partial charge in [-0.25, -0.2) is 4.90 Å². The van der Waals surface area contributed by atoms with E-state index in [-0.39, 0.29) is 16.6 Å². The van der Waals surface area contributed by atoms with Crippen LogP contribution in [-0.2, 0) is 16.1 Å². The molecule has 0 spiro atoms. The van der Waals surface area contributed by atoms with Crippen LogP contribution in [-0.4, -0.2) is 17.7 Å². The number of nitrogens with zero attached hydrogens (tertiary/aromatic N) is 1. The van der Waals surface area contributed by atoms with Crippen LogP contribution in [0.4, 0.5) is 11.4 Å². The third-order valence-corrected chi connectivity index (χ3v) is 5.70. The average Bonchev–Trinajstić information content (AvgIpc) is 3.03. The molecule has 0 bridgehead atoms. The molecule has 1 aliphatic rings. The number of anilines is 2. The molecule has 3 amide bonds. The first-order valence-corrected chi connectivity index (χ1v) is 10.8. The summed E-state index contributed by atoms with van der Waals surface area (Å²) < 4.78 is 0. The third-order valence-electron chi connectivity index (χ3n) is 5.35. The third kappa shape index (κ3) is 4.66. The maximum Gasteiger partial charge on any atom is 0.283 e. The Morgan fingerprint density at radius 1 is 0.909 bits per heavy atom. The Kier molecular flexibility index (Phi) is 6.29. The van der Waals surface area contributed by atoms with Crippen LogP contribution in [0.1, 0.15) is 27.0 Å². The topological polar surface area (TPSA) is 78.5 Å². The summed E-state index contributed by atoms with van der Waals surface area (Å²) >= 11 is 6.23. The van der Waals surface area contributed by atoms with Crippen molar-refractivity contribution in [1.82, 2.24) is 5.32 Å². The normalized spacial score (nSPS) is 13.5. The Morgan fingerprint density at radius 3 is 2.30 bits per heavy atom. The number of carbonyl (C=O) groups is 3. The fourth-order valence-electron chi connectivity index (χ4n) is 3.52. The summed E-state index contributed by atoms with van der Waals surface area (Å²) in [5.41, 5.74) is 4.24. The smallest absolute Gasteiger partial charge is 0.283 e. The van der Waals surface area contributed by atoms with Crippen LogP contribution in [0.5, 0.6) is 0 Å². The Hall–Kier alpha value is -3.90. The molecule has 33 heavy (non-hydrogen) atoms. The second kappa shape index (κ2) is 9.30. The van der Waals surface area contributed by atoms with E-state index in [1.807, 2.05) is 56.3 Å².